The Balaban J connectivity index is 2.01. The van der Waals surface area contributed by atoms with Crippen molar-refractivity contribution in [2.24, 2.45) is 5.92 Å². The van der Waals surface area contributed by atoms with Crippen molar-refractivity contribution in [2.45, 2.75) is 32.7 Å². The fourth-order valence-corrected chi connectivity index (χ4v) is 2.60. The van der Waals surface area contributed by atoms with E-state index in [1.807, 2.05) is 23.0 Å². The first-order chi connectivity index (χ1) is 10.1. The summed E-state index contributed by atoms with van der Waals surface area (Å²) in [6.07, 6.45) is 3.88. The molecule has 1 atom stereocenters. The molecule has 3 nitrogen and oxygen atoms in total. The Bertz CT molecular complexity index is 565. The molecule has 1 unspecified atom stereocenters. The van der Waals surface area contributed by atoms with Gasteiger partial charge in [0.1, 0.15) is 5.75 Å². The predicted molar refractivity (Wildman–Crippen MR) is 87.2 cm³/mol. The van der Waals surface area contributed by atoms with Crippen LogP contribution in [0.4, 0.5) is 0 Å². The molecule has 0 aliphatic rings. The van der Waals surface area contributed by atoms with Crippen LogP contribution in [0.25, 0.3) is 0 Å². The van der Waals surface area contributed by atoms with Gasteiger partial charge < -0.3 is 4.74 Å². The van der Waals surface area contributed by atoms with Gasteiger partial charge in [-0.25, -0.2) is 0 Å². The highest BCUT2D eigenvalue weighted by atomic mass is 35.5. The lowest BCUT2D eigenvalue weighted by Crippen LogP contribution is -2.11. The van der Waals surface area contributed by atoms with E-state index in [4.69, 9.17) is 16.3 Å². The molecule has 0 fully saturated rings. The summed E-state index contributed by atoms with van der Waals surface area (Å²) in [5.74, 6) is 1.91. The quantitative estimate of drug-likeness (QED) is 0.720. The van der Waals surface area contributed by atoms with Crippen LogP contribution in [-0.4, -0.2) is 22.8 Å². The van der Waals surface area contributed by atoms with Crippen LogP contribution in [0, 0.1) is 5.92 Å². The molecule has 1 heterocycles. The lowest BCUT2D eigenvalue weighted by Gasteiger charge is -2.13. The van der Waals surface area contributed by atoms with E-state index in [1.165, 1.54) is 5.56 Å². The van der Waals surface area contributed by atoms with Crippen molar-refractivity contribution in [3.05, 3.63) is 47.8 Å². The van der Waals surface area contributed by atoms with Gasteiger partial charge in [0.15, 0.2) is 0 Å². The van der Waals surface area contributed by atoms with Crippen molar-refractivity contribution < 1.29 is 4.74 Å². The van der Waals surface area contributed by atoms with Gasteiger partial charge in [-0.1, -0.05) is 12.1 Å². The Kier molecular flexibility index (Phi) is 5.68. The molecule has 0 saturated carbocycles. The smallest absolute Gasteiger partial charge is 0.119 e. The predicted octanol–water partition coefficient (Wildman–Crippen LogP) is 4.11. The van der Waals surface area contributed by atoms with Crippen LogP contribution >= 0.6 is 11.6 Å². The lowest BCUT2D eigenvalue weighted by molar-refractivity contribution is 0.413. The van der Waals surface area contributed by atoms with E-state index in [0.29, 0.717) is 17.8 Å². The van der Waals surface area contributed by atoms with Crippen molar-refractivity contribution in [3.8, 4) is 5.75 Å². The Morgan fingerprint density at radius 1 is 1.24 bits per heavy atom. The fourth-order valence-electron chi connectivity index (χ4n) is 2.38. The van der Waals surface area contributed by atoms with Crippen molar-refractivity contribution >= 4 is 11.6 Å². The molecular weight excluding hydrogens is 284 g/mol. The van der Waals surface area contributed by atoms with E-state index >= 15 is 0 Å². The zero-order valence-electron chi connectivity index (χ0n) is 12.9. The summed E-state index contributed by atoms with van der Waals surface area (Å²) in [5, 5.41) is 4.61. The van der Waals surface area contributed by atoms with Gasteiger partial charge in [-0.3, -0.25) is 4.68 Å². The highest BCUT2D eigenvalue weighted by Gasteiger charge is 2.12. The summed E-state index contributed by atoms with van der Waals surface area (Å²) >= 11 is 6.14. The lowest BCUT2D eigenvalue weighted by atomic mass is 9.96. The second-order valence-corrected chi connectivity index (χ2v) is 5.97. The molecule has 0 aliphatic heterocycles. The number of hydrogen-bond donors (Lipinski definition) is 0. The zero-order valence-corrected chi connectivity index (χ0v) is 13.7. The number of ether oxygens (including phenoxy) is 1. The van der Waals surface area contributed by atoms with Crippen LogP contribution in [0.3, 0.4) is 0 Å². The maximum absolute atomic E-state index is 6.14. The minimum Gasteiger partial charge on any atom is -0.497 e. The number of benzene rings is 1. The summed E-state index contributed by atoms with van der Waals surface area (Å²) in [6.45, 7) is 4.26. The summed E-state index contributed by atoms with van der Waals surface area (Å²) in [5.41, 5.74) is 2.36. The normalized spacial score (nSPS) is 12.6. The van der Waals surface area contributed by atoms with Gasteiger partial charge >= 0.3 is 0 Å². The van der Waals surface area contributed by atoms with Crippen LogP contribution in [-0.2, 0) is 12.8 Å². The van der Waals surface area contributed by atoms with Crippen LogP contribution in [0.15, 0.2) is 36.5 Å². The summed E-state index contributed by atoms with van der Waals surface area (Å²) in [7, 11) is 1.69. The number of aromatic nitrogens is 2. The summed E-state index contributed by atoms with van der Waals surface area (Å²) < 4.78 is 7.26. The van der Waals surface area contributed by atoms with Gasteiger partial charge in [0.05, 0.1) is 12.8 Å². The number of nitrogens with zero attached hydrogens (tertiary/aromatic N) is 2. The standard InChI is InChI=1S/C17H23ClN2O/c1-13(2)20-8-7-16(19-20)10-15(12-18)9-14-5-4-6-17(11-14)21-3/h4-8,11,13,15H,9-10,12H2,1-3H3. The maximum Gasteiger partial charge on any atom is 0.119 e. The van der Waals surface area contributed by atoms with Crippen molar-refractivity contribution in [1.82, 2.24) is 9.78 Å². The Labute approximate surface area is 131 Å². The van der Waals surface area contributed by atoms with E-state index in [2.05, 4.69) is 37.1 Å². The third-order valence-corrected chi connectivity index (χ3v) is 4.00. The summed E-state index contributed by atoms with van der Waals surface area (Å²) in [6, 6.07) is 10.7. The van der Waals surface area contributed by atoms with E-state index < -0.39 is 0 Å². The highest BCUT2D eigenvalue weighted by molar-refractivity contribution is 6.18. The molecule has 0 bridgehead atoms. The first-order valence-electron chi connectivity index (χ1n) is 7.35. The van der Waals surface area contributed by atoms with E-state index in [1.54, 1.807) is 7.11 Å². The van der Waals surface area contributed by atoms with E-state index in [0.717, 1.165) is 24.3 Å². The zero-order chi connectivity index (χ0) is 15.2. The van der Waals surface area contributed by atoms with Crippen LogP contribution in [0.2, 0.25) is 0 Å². The second kappa shape index (κ2) is 7.51. The molecule has 2 aromatic rings. The Morgan fingerprint density at radius 2 is 2.05 bits per heavy atom. The third-order valence-electron chi connectivity index (χ3n) is 3.57. The highest BCUT2D eigenvalue weighted by Crippen LogP contribution is 2.19. The average Bonchev–Trinajstić information content (AvgIpc) is 2.95. The Hall–Kier alpha value is -1.48. The van der Waals surface area contributed by atoms with Crippen LogP contribution in [0.1, 0.15) is 31.1 Å². The summed E-state index contributed by atoms with van der Waals surface area (Å²) in [4.78, 5) is 0. The largest absolute Gasteiger partial charge is 0.497 e. The second-order valence-electron chi connectivity index (χ2n) is 5.66. The Morgan fingerprint density at radius 3 is 2.67 bits per heavy atom. The molecule has 0 radical (unpaired) electrons. The maximum atomic E-state index is 6.14. The minimum atomic E-state index is 0.384. The van der Waals surface area contributed by atoms with Crippen LogP contribution in [0.5, 0.6) is 5.75 Å². The van der Waals surface area contributed by atoms with Gasteiger partial charge in [0.25, 0.3) is 0 Å². The van der Waals surface area contributed by atoms with Crippen molar-refractivity contribution in [1.29, 1.82) is 0 Å². The first-order valence-corrected chi connectivity index (χ1v) is 7.88. The molecule has 0 saturated heterocycles. The SMILES string of the molecule is COc1cccc(CC(CCl)Cc2ccn(C(C)C)n2)c1. The molecule has 114 valence electrons. The third kappa shape index (κ3) is 4.50. The van der Waals surface area contributed by atoms with Gasteiger partial charge in [0.2, 0.25) is 0 Å². The van der Waals surface area contributed by atoms with Crippen LogP contribution < -0.4 is 4.74 Å². The number of hydrogen-bond acceptors (Lipinski definition) is 2. The average molecular weight is 307 g/mol. The van der Waals surface area contributed by atoms with Gasteiger partial charge in [-0.2, -0.15) is 5.10 Å². The van der Waals surface area contributed by atoms with E-state index in [-0.39, 0.29) is 0 Å². The monoisotopic (exact) mass is 306 g/mol. The van der Waals surface area contributed by atoms with Gasteiger partial charge in [-0.15, -0.1) is 11.6 Å². The van der Waals surface area contributed by atoms with Crippen molar-refractivity contribution in [3.63, 3.8) is 0 Å². The molecule has 2 rings (SSSR count). The molecule has 1 aromatic heterocycles. The number of halogens is 1. The molecule has 0 N–H and O–H groups in total. The van der Waals surface area contributed by atoms with Crippen molar-refractivity contribution in [2.75, 3.05) is 13.0 Å². The number of methoxy groups -OCH3 is 1. The fraction of sp³-hybridized carbons (Fsp3) is 0.471. The van der Waals surface area contributed by atoms with Gasteiger partial charge in [-0.05, 0) is 56.4 Å². The molecular formula is C17H23ClN2O. The molecule has 4 heteroatoms. The molecule has 0 aliphatic carbocycles. The molecule has 1 aromatic carbocycles. The number of rotatable bonds is 7. The minimum absolute atomic E-state index is 0.384. The molecule has 0 spiro atoms. The first kappa shape index (κ1) is 15.9. The number of alkyl halides is 1. The molecule has 21 heavy (non-hydrogen) atoms. The topological polar surface area (TPSA) is 27.1 Å². The van der Waals surface area contributed by atoms with Gasteiger partial charge in [0, 0.05) is 18.1 Å². The van der Waals surface area contributed by atoms with E-state index in [9.17, 15) is 0 Å². The molecule has 0 amide bonds.